The van der Waals surface area contributed by atoms with Crippen LogP contribution in [0, 0.1) is 10.1 Å². The number of aryl methyl sites for hydroxylation is 1. The van der Waals surface area contributed by atoms with E-state index in [1.54, 1.807) is 18.2 Å². The Hall–Kier alpha value is -3.62. The molecular weight excluding hydrogens is 344 g/mol. The highest BCUT2D eigenvalue weighted by Gasteiger charge is 2.16. The lowest BCUT2D eigenvalue weighted by Crippen LogP contribution is -2.13. The molecular formula is C17H16N2O7. The van der Waals surface area contributed by atoms with Crippen molar-refractivity contribution in [1.82, 2.24) is 0 Å². The molecule has 0 atom stereocenters. The summed E-state index contributed by atoms with van der Waals surface area (Å²) in [6.07, 6.45) is -0.302. The van der Waals surface area contributed by atoms with Crippen LogP contribution in [0.15, 0.2) is 36.4 Å². The van der Waals surface area contributed by atoms with Gasteiger partial charge in [0, 0.05) is 23.7 Å². The number of nitro groups is 1. The molecule has 2 aromatic carbocycles. The molecule has 0 heterocycles. The molecule has 0 aliphatic rings. The SMILES string of the molecule is O=C(O)Cc1cccc(NC(=O)CCc2cc([N+](=O)[O-])cc(O)c2O)c1. The van der Waals surface area contributed by atoms with Crippen molar-refractivity contribution in [2.45, 2.75) is 19.3 Å². The van der Waals surface area contributed by atoms with E-state index in [2.05, 4.69) is 5.32 Å². The van der Waals surface area contributed by atoms with E-state index in [9.17, 15) is 29.9 Å². The number of phenols is 2. The number of anilines is 1. The van der Waals surface area contributed by atoms with Crippen LogP contribution in [0.1, 0.15) is 17.5 Å². The summed E-state index contributed by atoms with van der Waals surface area (Å²) in [5.41, 5.74) is 0.625. The lowest BCUT2D eigenvalue weighted by Gasteiger charge is -2.08. The molecule has 1 amide bonds. The van der Waals surface area contributed by atoms with Crippen LogP contribution < -0.4 is 5.32 Å². The summed E-state index contributed by atoms with van der Waals surface area (Å²) < 4.78 is 0. The number of amides is 1. The Morgan fingerprint density at radius 1 is 1.15 bits per heavy atom. The molecule has 0 fully saturated rings. The van der Waals surface area contributed by atoms with Crippen LogP contribution in [0.3, 0.4) is 0 Å². The van der Waals surface area contributed by atoms with Gasteiger partial charge in [-0.25, -0.2) is 0 Å². The Balaban J connectivity index is 2.03. The van der Waals surface area contributed by atoms with Crippen LogP contribution in [0.4, 0.5) is 11.4 Å². The molecule has 9 nitrogen and oxygen atoms in total. The van der Waals surface area contributed by atoms with Crippen LogP contribution in [-0.2, 0) is 22.4 Å². The largest absolute Gasteiger partial charge is 0.504 e. The van der Waals surface area contributed by atoms with Gasteiger partial charge in [-0.2, -0.15) is 0 Å². The number of carbonyl (C=O) groups excluding carboxylic acids is 1. The molecule has 0 bridgehead atoms. The van der Waals surface area contributed by atoms with E-state index in [-0.39, 0.29) is 24.8 Å². The van der Waals surface area contributed by atoms with Crippen molar-refractivity contribution < 1.29 is 29.8 Å². The first kappa shape index (κ1) is 18.7. The quantitative estimate of drug-likeness (QED) is 0.336. The highest BCUT2D eigenvalue weighted by molar-refractivity contribution is 5.91. The summed E-state index contributed by atoms with van der Waals surface area (Å²) in [6, 6.07) is 8.28. The van der Waals surface area contributed by atoms with Crippen molar-refractivity contribution in [3.8, 4) is 11.5 Å². The predicted molar refractivity (Wildman–Crippen MR) is 91.2 cm³/mol. The number of carbonyl (C=O) groups is 2. The van der Waals surface area contributed by atoms with Gasteiger partial charge in [0.1, 0.15) is 0 Å². The first-order valence-corrected chi connectivity index (χ1v) is 7.56. The molecule has 0 aromatic heterocycles. The number of non-ortho nitro benzene ring substituents is 1. The van der Waals surface area contributed by atoms with Gasteiger partial charge in [0.15, 0.2) is 11.5 Å². The number of aromatic hydroxyl groups is 2. The maximum atomic E-state index is 12.0. The number of nitrogens with one attached hydrogen (secondary N) is 1. The van der Waals surface area contributed by atoms with Crippen molar-refractivity contribution in [3.05, 3.63) is 57.6 Å². The number of nitro benzene ring substituents is 1. The second kappa shape index (κ2) is 7.97. The Morgan fingerprint density at radius 2 is 1.88 bits per heavy atom. The van der Waals surface area contributed by atoms with Crippen molar-refractivity contribution in [1.29, 1.82) is 0 Å². The zero-order valence-corrected chi connectivity index (χ0v) is 13.5. The molecule has 0 spiro atoms. The molecule has 0 saturated heterocycles. The second-order valence-electron chi connectivity index (χ2n) is 5.55. The smallest absolute Gasteiger partial charge is 0.307 e. The third kappa shape index (κ3) is 4.94. The zero-order valence-electron chi connectivity index (χ0n) is 13.5. The first-order valence-electron chi connectivity index (χ1n) is 7.56. The molecule has 136 valence electrons. The molecule has 4 N–H and O–H groups in total. The number of carboxylic acid groups (broad SMARTS) is 1. The number of hydrogen-bond donors (Lipinski definition) is 4. The third-order valence-electron chi connectivity index (χ3n) is 3.55. The highest BCUT2D eigenvalue weighted by Crippen LogP contribution is 2.34. The number of phenolic OH excluding ortho intramolecular Hbond substituents is 2. The molecule has 2 rings (SSSR count). The summed E-state index contributed by atoms with van der Waals surface area (Å²) in [5, 5.41) is 41.5. The monoisotopic (exact) mass is 360 g/mol. The van der Waals surface area contributed by atoms with Crippen molar-refractivity contribution >= 4 is 23.3 Å². The van der Waals surface area contributed by atoms with Gasteiger partial charge in [-0.05, 0) is 24.1 Å². The van der Waals surface area contributed by atoms with Gasteiger partial charge in [0.25, 0.3) is 5.69 Å². The Bertz CT molecular complexity index is 864. The fourth-order valence-electron chi connectivity index (χ4n) is 2.36. The minimum Gasteiger partial charge on any atom is -0.504 e. The van der Waals surface area contributed by atoms with Gasteiger partial charge in [0.05, 0.1) is 17.4 Å². The fourth-order valence-corrected chi connectivity index (χ4v) is 2.36. The van der Waals surface area contributed by atoms with Gasteiger partial charge in [-0.1, -0.05) is 12.1 Å². The Kier molecular flexibility index (Phi) is 5.74. The normalized spacial score (nSPS) is 10.3. The predicted octanol–water partition coefficient (Wildman–Crippen LogP) is 2.20. The standard InChI is InChI=1S/C17H16N2O7/c20-14-9-13(19(25)26)8-11(17(14)24)4-5-15(21)18-12-3-1-2-10(6-12)7-16(22)23/h1-3,6,8-9,20,24H,4-5,7H2,(H,18,21)(H,22,23). The summed E-state index contributed by atoms with van der Waals surface area (Å²) in [6.45, 7) is 0. The number of aliphatic carboxylic acids is 1. The van der Waals surface area contributed by atoms with E-state index >= 15 is 0 Å². The van der Waals surface area contributed by atoms with Gasteiger partial charge in [0.2, 0.25) is 5.91 Å². The maximum absolute atomic E-state index is 12.0. The maximum Gasteiger partial charge on any atom is 0.307 e. The lowest BCUT2D eigenvalue weighted by atomic mass is 10.1. The van der Waals surface area contributed by atoms with E-state index in [1.807, 2.05) is 0 Å². The van der Waals surface area contributed by atoms with Crippen LogP contribution in [0.2, 0.25) is 0 Å². The molecule has 9 heteroatoms. The van der Waals surface area contributed by atoms with Gasteiger partial charge in [-0.3, -0.25) is 19.7 Å². The molecule has 0 radical (unpaired) electrons. The third-order valence-corrected chi connectivity index (χ3v) is 3.55. The average Bonchev–Trinajstić information content (AvgIpc) is 2.55. The van der Waals surface area contributed by atoms with Crippen LogP contribution >= 0.6 is 0 Å². The van der Waals surface area contributed by atoms with E-state index in [4.69, 9.17) is 5.11 Å². The van der Waals surface area contributed by atoms with E-state index in [0.717, 1.165) is 12.1 Å². The number of benzene rings is 2. The number of carboxylic acids is 1. The minimum atomic E-state index is -0.991. The molecule has 26 heavy (non-hydrogen) atoms. The summed E-state index contributed by atoms with van der Waals surface area (Å²) >= 11 is 0. The van der Waals surface area contributed by atoms with E-state index in [1.165, 1.54) is 6.07 Å². The van der Waals surface area contributed by atoms with Crippen LogP contribution in [0.5, 0.6) is 11.5 Å². The average molecular weight is 360 g/mol. The highest BCUT2D eigenvalue weighted by atomic mass is 16.6. The second-order valence-corrected chi connectivity index (χ2v) is 5.55. The van der Waals surface area contributed by atoms with Gasteiger partial charge in [-0.15, -0.1) is 0 Å². The fraction of sp³-hybridized carbons (Fsp3) is 0.176. The zero-order chi connectivity index (χ0) is 19.3. The molecule has 0 aliphatic heterocycles. The topological polar surface area (TPSA) is 150 Å². The molecule has 2 aromatic rings. The van der Waals surface area contributed by atoms with Gasteiger partial charge >= 0.3 is 5.97 Å². The molecule has 0 aliphatic carbocycles. The van der Waals surface area contributed by atoms with Crippen LogP contribution in [-0.4, -0.2) is 32.1 Å². The minimum absolute atomic E-state index is 0.0261. The summed E-state index contributed by atoms with van der Waals surface area (Å²) in [5.74, 6) is -2.56. The van der Waals surface area contributed by atoms with Crippen molar-refractivity contribution in [2.75, 3.05) is 5.32 Å². The van der Waals surface area contributed by atoms with Crippen molar-refractivity contribution in [2.24, 2.45) is 0 Å². The van der Waals surface area contributed by atoms with Crippen LogP contribution in [0.25, 0.3) is 0 Å². The molecule has 0 unspecified atom stereocenters. The molecule has 0 saturated carbocycles. The summed E-state index contributed by atoms with van der Waals surface area (Å²) in [4.78, 5) is 32.8. The van der Waals surface area contributed by atoms with Crippen molar-refractivity contribution in [3.63, 3.8) is 0 Å². The van der Waals surface area contributed by atoms with Gasteiger partial charge < -0.3 is 20.6 Å². The Labute approximate surface area is 147 Å². The first-order chi connectivity index (χ1) is 12.3. The van der Waals surface area contributed by atoms with E-state index < -0.39 is 34.0 Å². The number of hydrogen-bond acceptors (Lipinski definition) is 6. The van der Waals surface area contributed by atoms with E-state index in [0.29, 0.717) is 11.3 Å². The lowest BCUT2D eigenvalue weighted by molar-refractivity contribution is -0.385. The Morgan fingerprint density at radius 3 is 2.54 bits per heavy atom. The number of nitrogens with zero attached hydrogens (tertiary/aromatic N) is 1. The summed E-state index contributed by atoms with van der Waals surface area (Å²) in [7, 11) is 0. The number of rotatable bonds is 7.